The first-order valence-electron chi connectivity index (χ1n) is 8.77. The van der Waals surface area contributed by atoms with Gasteiger partial charge in [0.1, 0.15) is 0 Å². The van der Waals surface area contributed by atoms with Crippen LogP contribution in [0.15, 0.2) is 98.1 Å². The number of fused-ring (bicyclic) bond motifs is 1. The largest absolute Gasteiger partial charge is 0.0985 e. The molecule has 4 rings (SSSR count). The van der Waals surface area contributed by atoms with Gasteiger partial charge in [-0.15, -0.1) is 0 Å². The van der Waals surface area contributed by atoms with Crippen LogP contribution in [0, 0.1) is 0 Å². The predicted octanol–water partition coefficient (Wildman–Crippen LogP) is 7.46. The molecule has 4 aromatic rings. The second-order valence-electron chi connectivity index (χ2n) is 6.36. The van der Waals surface area contributed by atoms with Crippen LogP contribution < -0.4 is 0 Å². The van der Waals surface area contributed by atoms with E-state index in [-0.39, 0.29) is 0 Å². The van der Waals surface area contributed by atoms with Gasteiger partial charge in [-0.25, -0.2) is 0 Å². The summed E-state index contributed by atoms with van der Waals surface area (Å²) in [6.07, 6.45) is 3.75. The first-order valence-corrected chi connectivity index (χ1v) is 8.77. The zero-order valence-corrected chi connectivity index (χ0v) is 14.7. The van der Waals surface area contributed by atoms with Gasteiger partial charge >= 0.3 is 0 Å². The number of benzene rings is 4. The van der Waals surface area contributed by atoms with Crippen molar-refractivity contribution in [1.29, 1.82) is 0 Å². The van der Waals surface area contributed by atoms with Crippen LogP contribution in [0.25, 0.3) is 45.2 Å². The first kappa shape index (κ1) is 16.1. The molecule has 0 N–H and O–H groups in total. The highest BCUT2D eigenvalue weighted by molar-refractivity contribution is 6.04. The topological polar surface area (TPSA) is 0 Å². The zero-order valence-electron chi connectivity index (χ0n) is 14.7. The lowest BCUT2D eigenvalue weighted by atomic mass is 9.91. The van der Waals surface area contributed by atoms with Crippen LogP contribution in [0.5, 0.6) is 0 Å². The molecular formula is C26H20. The normalized spacial score (nSPS) is 10.6. The molecule has 0 saturated carbocycles. The maximum absolute atomic E-state index is 3.83. The smallest absolute Gasteiger partial charge is 0.00992 e. The SMILES string of the molecule is C=Cc1ccc(-c2ccc(-c3ccc(C=C)cc3)c3ccccc23)cc1. The van der Waals surface area contributed by atoms with Gasteiger partial charge in [0.2, 0.25) is 0 Å². The third kappa shape index (κ3) is 2.87. The maximum atomic E-state index is 3.83. The van der Waals surface area contributed by atoms with Gasteiger partial charge in [-0.05, 0) is 44.2 Å². The molecule has 26 heavy (non-hydrogen) atoms. The third-order valence-corrected chi connectivity index (χ3v) is 4.84. The lowest BCUT2D eigenvalue weighted by Crippen LogP contribution is -1.86. The Hall–Kier alpha value is -3.38. The maximum Gasteiger partial charge on any atom is -0.00992 e. The Kier molecular flexibility index (Phi) is 4.25. The van der Waals surface area contributed by atoms with Crippen molar-refractivity contribution in [3.63, 3.8) is 0 Å². The van der Waals surface area contributed by atoms with Gasteiger partial charge in [-0.2, -0.15) is 0 Å². The van der Waals surface area contributed by atoms with Crippen LogP contribution in [0.4, 0.5) is 0 Å². The summed E-state index contributed by atoms with van der Waals surface area (Å²) in [6, 6.07) is 30.2. The average Bonchev–Trinajstić information content (AvgIpc) is 2.73. The second kappa shape index (κ2) is 6.85. The van der Waals surface area contributed by atoms with Crippen molar-refractivity contribution in [3.8, 4) is 22.3 Å². The zero-order chi connectivity index (χ0) is 17.9. The van der Waals surface area contributed by atoms with E-state index in [0.29, 0.717) is 0 Å². The van der Waals surface area contributed by atoms with E-state index < -0.39 is 0 Å². The molecular weight excluding hydrogens is 312 g/mol. The Morgan fingerprint density at radius 2 is 0.846 bits per heavy atom. The van der Waals surface area contributed by atoms with Gasteiger partial charge in [0.15, 0.2) is 0 Å². The van der Waals surface area contributed by atoms with E-state index in [1.807, 2.05) is 12.2 Å². The molecule has 4 aromatic carbocycles. The van der Waals surface area contributed by atoms with Crippen LogP contribution in [0.1, 0.15) is 11.1 Å². The van der Waals surface area contributed by atoms with Crippen LogP contribution >= 0.6 is 0 Å². The predicted molar refractivity (Wildman–Crippen MR) is 115 cm³/mol. The number of hydrogen-bond donors (Lipinski definition) is 0. The molecule has 0 bridgehead atoms. The second-order valence-corrected chi connectivity index (χ2v) is 6.36. The fraction of sp³-hybridized carbons (Fsp3) is 0. The van der Waals surface area contributed by atoms with Crippen LogP contribution in [0.3, 0.4) is 0 Å². The van der Waals surface area contributed by atoms with E-state index in [1.54, 1.807) is 0 Å². The van der Waals surface area contributed by atoms with E-state index in [9.17, 15) is 0 Å². The summed E-state index contributed by atoms with van der Waals surface area (Å²) in [7, 11) is 0. The van der Waals surface area contributed by atoms with Gasteiger partial charge < -0.3 is 0 Å². The Labute approximate surface area is 154 Å². The summed E-state index contributed by atoms with van der Waals surface area (Å²) >= 11 is 0. The van der Waals surface area contributed by atoms with Gasteiger partial charge in [0, 0.05) is 0 Å². The van der Waals surface area contributed by atoms with Crippen LogP contribution in [-0.2, 0) is 0 Å². The minimum absolute atomic E-state index is 1.14. The standard InChI is InChI=1S/C26H20/c1-3-19-9-13-21(14-10-19)23-17-18-24(26-8-6-5-7-25(23)26)22-15-11-20(4-2)12-16-22/h3-18H,1-2H2. The van der Waals surface area contributed by atoms with Gasteiger partial charge in [0.05, 0.1) is 0 Å². The lowest BCUT2D eigenvalue weighted by molar-refractivity contribution is 1.60. The molecule has 0 aliphatic rings. The van der Waals surface area contributed by atoms with E-state index in [4.69, 9.17) is 0 Å². The molecule has 0 spiro atoms. The molecule has 0 amide bonds. The Morgan fingerprint density at radius 3 is 1.19 bits per heavy atom. The summed E-state index contributed by atoms with van der Waals surface area (Å²) in [4.78, 5) is 0. The van der Waals surface area contributed by atoms with E-state index in [0.717, 1.165) is 11.1 Å². The quantitative estimate of drug-likeness (QED) is 0.364. The average molecular weight is 332 g/mol. The summed E-state index contributed by atoms with van der Waals surface area (Å²) in [5.41, 5.74) is 7.22. The van der Waals surface area contributed by atoms with Gasteiger partial charge in [0.25, 0.3) is 0 Å². The Morgan fingerprint density at radius 1 is 0.462 bits per heavy atom. The minimum atomic E-state index is 1.14. The van der Waals surface area contributed by atoms with Crippen molar-refractivity contribution in [2.75, 3.05) is 0 Å². The van der Waals surface area contributed by atoms with Gasteiger partial charge in [-0.1, -0.05) is 110 Å². The van der Waals surface area contributed by atoms with E-state index in [1.165, 1.54) is 33.0 Å². The van der Waals surface area contributed by atoms with Crippen molar-refractivity contribution in [2.45, 2.75) is 0 Å². The lowest BCUT2D eigenvalue weighted by Gasteiger charge is -2.12. The highest BCUT2D eigenvalue weighted by atomic mass is 14.1. The monoisotopic (exact) mass is 332 g/mol. The first-order chi connectivity index (χ1) is 12.8. The fourth-order valence-corrected chi connectivity index (χ4v) is 3.40. The van der Waals surface area contributed by atoms with Crippen molar-refractivity contribution >= 4 is 22.9 Å². The van der Waals surface area contributed by atoms with Crippen molar-refractivity contribution in [2.24, 2.45) is 0 Å². The molecule has 0 saturated heterocycles. The van der Waals surface area contributed by atoms with E-state index in [2.05, 4.69) is 98.1 Å². The van der Waals surface area contributed by atoms with Gasteiger partial charge in [-0.3, -0.25) is 0 Å². The molecule has 0 unspecified atom stereocenters. The molecule has 0 heterocycles. The number of rotatable bonds is 4. The summed E-state index contributed by atoms with van der Waals surface area (Å²) < 4.78 is 0. The Balaban J connectivity index is 1.89. The van der Waals surface area contributed by atoms with E-state index >= 15 is 0 Å². The highest BCUT2D eigenvalue weighted by Crippen LogP contribution is 2.35. The molecule has 0 nitrogen and oxygen atoms in total. The number of hydrogen-bond acceptors (Lipinski definition) is 0. The molecule has 0 radical (unpaired) electrons. The van der Waals surface area contributed by atoms with Crippen molar-refractivity contribution in [3.05, 3.63) is 109 Å². The molecule has 0 atom stereocenters. The molecule has 0 aliphatic heterocycles. The molecule has 0 aromatic heterocycles. The fourth-order valence-electron chi connectivity index (χ4n) is 3.40. The highest BCUT2D eigenvalue weighted by Gasteiger charge is 2.09. The molecule has 0 fully saturated rings. The Bertz CT molecular complexity index is 991. The summed E-state index contributed by atoms with van der Waals surface area (Å²) in [6.45, 7) is 7.67. The summed E-state index contributed by atoms with van der Waals surface area (Å²) in [5, 5.41) is 2.54. The molecule has 0 aliphatic carbocycles. The summed E-state index contributed by atoms with van der Waals surface area (Å²) in [5.74, 6) is 0. The van der Waals surface area contributed by atoms with Crippen molar-refractivity contribution in [1.82, 2.24) is 0 Å². The van der Waals surface area contributed by atoms with Crippen LogP contribution in [0.2, 0.25) is 0 Å². The van der Waals surface area contributed by atoms with Crippen LogP contribution in [-0.4, -0.2) is 0 Å². The molecule has 0 heteroatoms. The minimum Gasteiger partial charge on any atom is -0.0985 e. The van der Waals surface area contributed by atoms with Crippen molar-refractivity contribution < 1.29 is 0 Å². The molecule has 124 valence electrons. The third-order valence-electron chi connectivity index (χ3n) is 4.84.